The van der Waals surface area contributed by atoms with E-state index in [2.05, 4.69) is 5.32 Å². The van der Waals surface area contributed by atoms with Crippen LogP contribution in [0, 0.1) is 0 Å². The predicted molar refractivity (Wildman–Crippen MR) is 81.2 cm³/mol. The lowest BCUT2D eigenvalue weighted by Gasteiger charge is -2.13. The molecule has 21 heavy (non-hydrogen) atoms. The van der Waals surface area contributed by atoms with Crippen LogP contribution in [0.4, 0.5) is 10.5 Å². The second-order valence-corrected chi connectivity index (χ2v) is 5.60. The van der Waals surface area contributed by atoms with Gasteiger partial charge in [0.15, 0.2) is 0 Å². The quantitative estimate of drug-likeness (QED) is 0.867. The number of hydrogen-bond acceptors (Lipinski definition) is 3. The van der Waals surface area contributed by atoms with Crippen molar-refractivity contribution in [3.63, 3.8) is 0 Å². The molecule has 1 aromatic rings. The fraction of sp³-hybridized carbons (Fsp3) is 0.500. The van der Waals surface area contributed by atoms with Crippen molar-refractivity contribution in [1.82, 2.24) is 4.90 Å². The first-order chi connectivity index (χ1) is 10.0. The Morgan fingerprint density at radius 3 is 2.67 bits per heavy atom. The first-order valence-corrected chi connectivity index (χ1v) is 7.31. The number of esters is 1. The van der Waals surface area contributed by atoms with E-state index >= 15 is 0 Å². The number of carbonyl (C=O) groups excluding carboxylic acids is 2. The van der Waals surface area contributed by atoms with Crippen molar-refractivity contribution in [3.05, 3.63) is 29.8 Å². The van der Waals surface area contributed by atoms with Gasteiger partial charge in [-0.15, -0.1) is 0 Å². The maximum atomic E-state index is 11.9. The molecule has 1 fully saturated rings. The molecular formula is C16H22N2O3. The van der Waals surface area contributed by atoms with Gasteiger partial charge in [0.1, 0.15) is 6.10 Å². The Hall–Kier alpha value is -2.04. The van der Waals surface area contributed by atoms with Crippen molar-refractivity contribution in [2.75, 3.05) is 19.4 Å². The molecule has 1 aromatic carbocycles. The second kappa shape index (κ2) is 7.11. The largest absolute Gasteiger partial charge is 0.462 e. The van der Waals surface area contributed by atoms with Crippen molar-refractivity contribution in [1.29, 1.82) is 0 Å². The SMILES string of the molecule is CN(C)C(=O)Nc1cccc(CC(=O)OC2CCCC2)c1. The molecule has 5 heteroatoms. The van der Waals surface area contributed by atoms with Gasteiger partial charge < -0.3 is 15.0 Å². The van der Waals surface area contributed by atoms with E-state index in [4.69, 9.17) is 4.74 Å². The highest BCUT2D eigenvalue weighted by molar-refractivity contribution is 5.89. The molecule has 1 saturated carbocycles. The summed E-state index contributed by atoms with van der Waals surface area (Å²) in [5, 5.41) is 2.76. The first-order valence-electron chi connectivity index (χ1n) is 7.31. The molecule has 0 bridgehead atoms. The normalized spacial score (nSPS) is 14.8. The van der Waals surface area contributed by atoms with Crippen LogP contribution < -0.4 is 5.32 Å². The molecule has 1 N–H and O–H groups in total. The van der Waals surface area contributed by atoms with Gasteiger partial charge in [0, 0.05) is 19.8 Å². The lowest BCUT2D eigenvalue weighted by molar-refractivity contribution is -0.147. The molecule has 1 aliphatic rings. The molecule has 0 heterocycles. The van der Waals surface area contributed by atoms with Crippen molar-refractivity contribution in [3.8, 4) is 0 Å². The Kier molecular flexibility index (Phi) is 5.20. The van der Waals surface area contributed by atoms with Crippen molar-refractivity contribution in [2.45, 2.75) is 38.2 Å². The zero-order valence-electron chi connectivity index (χ0n) is 12.6. The maximum Gasteiger partial charge on any atom is 0.321 e. The Labute approximate surface area is 125 Å². The van der Waals surface area contributed by atoms with E-state index in [1.54, 1.807) is 26.2 Å². The molecule has 0 aromatic heterocycles. The molecule has 2 amide bonds. The van der Waals surface area contributed by atoms with Crippen LogP contribution in [0.3, 0.4) is 0 Å². The van der Waals surface area contributed by atoms with Gasteiger partial charge in [0.25, 0.3) is 0 Å². The first kappa shape index (κ1) is 15.4. The second-order valence-electron chi connectivity index (χ2n) is 5.60. The highest BCUT2D eigenvalue weighted by atomic mass is 16.5. The average molecular weight is 290 g/mol. The third-order valence-corrected chi connectivity index (χ3v) is 3.53. The highest BCUT2D eigenvalue weighted by Crippen LogP contribution is 2.21. The third kappa shape index (κ3) is 4.77. The highest BCUT2D eigenvalue weighted by Gasteiger charge is 2.19. The molecule has 0 radical (unpaired) electrons. The number of amides is 2. The zero-order valence-corrected chi connectivity index (χ0v) is 12.6. The Morgan fingerprint density at radius 2 is 2.00 bits per heavy atom. The molecule has 114 valence electrons. The monoisotopic (exact) mass is 290 g/mol. The van der Waals surface area contributed by atoms with Crippen LogP contribution >= 0.6 is 0 Å². The third-order valence-electron chi connectivity index (χ3n) is 3.53. The van der Waals surface area contributed by atoms with E-state index in [0.29, 0.717) is 5.69 Å². The average Bonchev–Trinajstić information content (AvgIpc) is 2.91. The molecule has 2 rings (SSSR count). The van der Waals surface area contributed by atoms with Crippen LogP contribution in [-0.4, -0.2) is 37.1 Å². The number of hydrogen-bond donors (Lipinski definition) is 1. The molecular weight excluding hydrogens is 268 g/mol. The van der Waals surface area contributed by atoms with Crippen LogP contribution in [0.15, 0.2) is 24.3 Å². The smallest absolute Gasteiger partial charge is 0.321 e. The van der Waals surface area contributed by atoms with Gasteiger partial charge in [-0.05, 0) is 43.4 Å². The minimum absolute atomic E-state index is 0.0918. The predicted octanol–water partition coefficient (Wildman–Crippen LogP) is 2.81. The number of ether oxygens (including phenoxy) is 1. The van der Waals surface area contributed by atoms with Gasteiger partial charge in [-0.2, -0.15) is 0 Å². The Bertz CT molecular complexity index is 508. The molecule has 0 atom stereocenters. The van der Waals surface area contributed by atoms with Crippen LogP contribution in [0.1, 0.15) is 31.2 Å². The van der Waals surface area contributed by atoms with Gasteiger partial charge in [-0.25, -0.2) is 4.79 Å². The number of rotatable bonds is 4. The topological polar surface area (TPSA) is 58.6 Å². The van der Waals surface area contributed by atoms with Gasteiger partial charge in [-0.1, -0.05) is 12.1 Å². The molecule has 0 spiro atoms. The standard InChI is InChI=1S/C16H22N2O3/c1-18(2)16(20)17-13-7-5-6-12(10-13)11-15(19)21-14-8-3-4-9-14/h5-7,10,14H,3-4,8-9,11H2,1-2H3,(H,17,20). The van der Waals surface area contributed by atoms with Crippen molar-refractivity contribution >= 4 is 17.7 Å². The fourth-order valence-corrected chi connectivity index (χ4v) is 2.39. The molecule has 5 nitrogen and oxygen atoms in total. The maximum absolute atomic E-state index is 11.9. The number of nitrogens with zero attached hydrogens (tertiary/aromatic N) is 1. The van der Waals surface area contributed by atoms with E-state index in [1.165, 1.54) is 4.90 Å². The summed E-state index contributed by atoms with van der Waals surface area (Å²) < 4.78 is 5.44. The van der Waals surface area contributed by atoms with Crippen LogP contribution in [0.25, 0.3) is 0 Å². The van der Waals surface area contributed by atoms with E-state index < -0.39 is 0 Å². The lowest BCUT2D eigenvalue weighted by Crippen LogP contribution is -2.27. The Morgan fingerprint density at radius 1 is 1.29 bits per heavy atom. The van der Waals surface area contributed by atoms with E-state index in [0.717, 1.165) is 31.2 Å². The summed E-state index contributed by atoms with van der Waals surface area (Å²) >= 11 is 0. The van der Waals surface area contributed by atoms with Crippen LogP contribution in [0.2, 0.25) is 0 Å². The summed E-state index contributed by atoms with van der Waals surface area (Å²) in [5.74, 6) is -0.196. The fourth-order valence-electron chi connectivity index (χ4n) is 2.39. The van der Waals surface area contributed by atoms with Crippen LogP contribution in [0.5, 0.6) is 0 Å². The van der Waals surface area contributed by atoms with Gasteiger partial charge in [0.05, 0.1) is 6.42 Å². The number of anilines is 1. The number of nitrogens with one attached hydrogen (secondary N) is 1. The number of carbonyl (C=O) groups is 2. The van der Waals surface area contributed by atoms with Crippen molar-refractivity contribution < 1.29 is 14.3 Å². The summed E-state index contributed by atoms with van der Waals surface area (Å²) in [7, 11) is 3.36. The van der Waals surface area contributed by atoms with E-state index in [-0.39, 0.29) is 24.5 Å². The zero-order chi connectivity index (χ0) is 15.2. The summed E-state index contributed by atoms with van der Waals surface area (Å²) in [6.45, 7) is 0. The summed E-state index contributed by atoms with van der Waals surface area (Å²) in [4.78, 5) is 25.0. The van der Waals surface area contributed by atoms with Gasteiger partial charge in [-0.3, -0.25) is 4.79 Å². The molecule has 0 unspecified atom stereocenters. The summed E-state index contributed by atoms with van der Waals surface area (Å²) in [5.41, 5.74) is 1.52. The Balaban J connectivity index is 1.90. The minimum atomic E-state index is -0.196. The van der Waals surface area contributed by atoms with Crippen LogP contribution in [-0.2, 0) is 16.0 Å². The molecule has 0 aliphatic heterocycles. The minimum Gasteiger partial charge on any atom is -0.462 e. The van der Waals surface area contributed by atoms with Crippen molar-refractivity contribution in [2.24, 2.45) is 0 Å². The summed E-state index contributed by atoms with van der Waals surface area (Å²) in [6.07, 6.45) is 4.57. The lowest BCUT2D eigenvalue weighted by atomic mass is 10.1. The molecule has 0 saturated heterocycles. The summed E-state index contributed by atoms with van der Waals surface area (Å²) in [6, 6.07) is 7.09. The van der Waals surface area contributed by atoms with E-state index in [9.17, 15) is 9.59 Å². The number of urea groups is 1. The van der Waals surface area contributed by atoms with Gasteiger partial charge in [0.2, 0.25) is 0 Å². The van der Waals surface area contributed by atoms with E-state index in [1.807, 2.05) is 12.1 Å². The molecule has 1 aliphatic carbocycles. The van der Waals surface area contributed by atoms with Gasteiger partial charge >= 0.3 is 12.0 Å². The number of benzene rings is 1.